The number of hydrogen-bond acceptors (Lipinski definition) is 3. The molecule has 1 unspecified atom stereocenters. The maximum absolute atomic E-state index is 11.2. The lowest BCUT2D eigenvalue weighted by molar-refractivity contribution is -0.133. The Morgan fingerprint density at radius 2 is 2.15 bits per heavy atom. The third-order valence-corrected chi connectivity index (χ3v) is 2.02. The standard InChI is InChI=1S/C8H15N3O2/c9-4-2-1-3-6-8(13)10-5-7(12)11-6/h6H,1-5,9H2,(H,10,13)(H,11,12). The van der Waals surface area contributed by atoms with Gasteiger partial charge in [0.15, 0.2) is 0 Å². The van der Waals surface area contributed by atoms with Crippen molar-refractivity contribution in [2.75, 3.05) is 13.1 Å². The van der Waals surface area contributed by atoms with Crippen LogP contribution in [-0.2, 0) is 9.59 Å². The van der Waals surface area contributed by atoms with Crippen LogP contribution in [-0.4, -0.2) is 30.9 Å². The first-order valence-corrected chi connectivity index (χ1v) is 4.51. The van der Waals surface area contributed by atoms with Crippen molar-refractivity contribution in [1.29, 1.82) is 0 Å². The lowest BCUT2D eigenvalue weighted by atomic mass is 10.1. The van der Waals surface area contributed by atoms with E-state index in [-0.39, 0.29) is 24.4 Å². The summed E-state index contributed by atoms with van der Waals surface area (Å²) < 4.78 is 0. The van der Waals surface area contributed by atoms with Crippen LogP contribution < -0.4 is 16.4 Å². The van der Waals surface area contributed by atoms with Gasteiger partial charge in [0.2, 0.25) is 11.8 Å². The van der Waals surface area contributed by atoms with E-state index in [1.165, 1.54) is 0 Å². The number of carbonyl (C=O) groups excluding carboxylic acids is 2. The summed E-state index contributed by atoms with van der Waals surface area (Å²) in [6.45, 7) is 0.731. The first-order chi connectivity index (χ1) is 6.24. The van der Waals surface area contributed by atoms with Crippen LogP contribution in [0.2, 0.25) is 0 Å². The van der Waals surface area contributed by atoms with E-state index < -0.39 is 0 Å². The van der Waals surface area contributed by atoms with Gasteiger partial charge in [0.05, 0.1) is 6.54 Å². The average molecular weight is 185 g/mol. The van der Waals surface area contributed by atoms with E-state index in [9.17, 15) is 9.59 Å². The lowest BCUT2D eigenvalue weighted by Crippen LogP contribution is -2.56. The largest absolute Gasteiger partial charge is 0.345 e. The van der Waals surface area contributed by atoms with Gasteiger partial charge in [-0.3, -0.25) is 9.59 Å². The molecule has 5 nitrogen and oxygen atoms in total. The molecule has 0 radical (unpaired) electrons. The van der Waals surface area contributed by atoms with Crippen LogP contribution in [0.25, 0.3) is 0 Å². The minimum atomic E-state index is -0.354. The maximum atomic E-state index is 11.2. The van der Waals surface area contributed by atoms with Crippen molar-refractivity contribution in [3.8, 4) is 0 Å². The van der Waals surface area contributed by atoms with Gasteiger partial charge >= 0.3 is 0 Å². The van der Waals surface area contributed by atoms with Gasteiger partial charge in [-0.05, 0) is 25.8 Å². The summed E-state index contributed by atoms with van der Waals surface area (Å²) in [5.41, 5.74) is 5.32. The van der Waals surface area contributed by atoms with E-state index in [1.54, 1.807) is 0 Å². The highest BCUT2D eigenvalue weighted by Gasteiger charge is 2.24. The zero-order valence-corrected chi connectivity index (χ0v) is 7.51. The molecule has 5 heteroatoms. The van der Waals surface area contributed by atoms with Gasteiger partial charge in [0.25, 0.3) is 0 Å². The van der Waals surface area contributed by atoms with E-state index in [1.807, 2.05) is 0 Å². The highest BCUT2D eigenvalue weighted by atomic mass is 16.2. The number of rotatable bonds is 4. The zero-order chi connectivity index (χ0) is 9.68. The fourth-order valence-electron chi connectivity index (χ4n) is 1.30. The first kappa shape index (κ1) is 9.98. The maximum Gasteiger partial charge on any atom is 0.243 e. The van der Waals surface area contributed by atoms with Crippen LogP contribution in [0, 0.1) is 0 Å². The SMILES string of the molecule is NCCCCC1NC(=O)CNC1=O. The van der Waals surface area contributed by atoms with E-state index in [0.29, 0.717) is 13.0 Å². The summed E-state index contributed by atoms with van der Waals surface area (Å²) in [5, 5.41) is 5.16. The molecule has 4 N–H and O–H groups in total. The van der Waals surface area contributed by atoms with Gasteiger partial charge in [-0.1, -0.05) is 0 Å². The number of nitrogens with two attached hydrogens (primary N) is 1. The number of hydrogen-bond donors (Lipinski definition) is 3. The molecule has 1 aliphatic rings. The molecule has 0 saturated carbocycles. The summed E-state index contributed by atoms with van der Waals surface area (Å²) in [5.74, 6) is -0.200. The Morgan fingerprint density at radius 1 is 1.38 bits per heavy atom. The van der Waals surface area contributed by atoms with Gasteiger partial charge < -0.3 is 16.4 Å². The third kappa shape index (κ3) is 3.02. The molecule has 2 amide bonds. The second-order valence-corrected chi connectivity index (χ2v) is 3.12. The monoisotopic (exact) mass is 185 g/mol. The molecule has 0 aromatic heterocycles. The molecule has 0 spiro atoms. The fraction of sp³-hybridized carbons (Fsp3) is 0.750. The summed E-state index contributed by atoms with van der Waals surface area (Å²) in [6.07, 6.45) is 2.43. The molecule has 74 valence electrons. The Balaban J connectivity index is 2.29. The van der Waals surface area contributed by atoms with Crippen molar-refractivity contribution in [3.63, 3.8) is 0 Å². The fourth-order valence-corrected chi connectivity index (χ4v) is 1.30. The summed E-state index contributed by atoms with van der Waals surface area (Å²) in [7, 11) is 0. The second-order valence-electron chi connectivity index (χ2n) is 3.12. The zero-order valence-electron chi connectivity index (χ0n) is 7.51. The van der Waals surface area contributed by atoms with Crippen LogP contribution >= 0.6 is 0 Å². The molecule has 0 aromatic carbocycles. The quantitative estimate of drug-likeness (QED) is 0.477. The van der Waals surface area contributed by atoms with Crippen LogP contribution in [0.15, 0.2) is 0 Å². The smallest absolute Gasteiger partial charge is 0.243 e. The van der Waals surface area contributed by atoms with Crippen molar-refractivity contribution in [3.05, 3.63) is 0 Å². The topological polar surface area (TPSA) is 84.2 Å². The second kappa shape index (κ2) is 4.81. The predicted molar refractivity (Wildman–Crippen MR) is 47.8 cm³/mol. The number of unbranched alkanes of at least 4 members (excludes halogenated alkanes) is 1. The van der Waals surface area contributed by atoms with Gasteiger partial charge in [0.1, 0.15) is 6.04 Å². The number of amides is 2. The molecule has 0 aliphatic carbocycles. The molecule has 0 bridgehead atoms. The van der Waals surface area contributed by atoms with Crippen LogP contribution in [0.3, 0.4) is 0 Å². The first-order valence-electron chi connectivity index (χ1n) is 4.51. The van der Waals surface area contributed by atoms with Gasteiger partial charge in [0, 0.05) is 0 Å². The van der Waals surface area contributed by atoms with Crippen molar-refractivity contribution in [2.45, 2.75) is 25.3 Å². The number of carbonyl (C=O) groups is 2. The van der Waals surface area contributed by atoms with E-state index in [0.717, 1.165) is 12.8 Å². The Bertz CT molecular complexity index is 206. The summed E-state index contributed by atoms with van der Waals surface area (Å²) in [6, 6.07) is -0.354. The highest BCUT2D eigenvalue weighted by Crippen LogP contribution is 2.02. The van der Waals surface area contributed by atoms with Gasteiger partial charge in [-0.25, -0.2) is 0 Å². The molecule has 1 heterocycles. The number of nitrogens with one attached hydrogen (secondary N) is 2. The van der Waals surface area contributed by atoms with Crippen molar-refractivity contribution < 1.29 is 9.59 Å². The lowest BCUT2D eigenvalue weighted by Gasteiger charge is -2.22. The normalized spacial score (nSPS) is 22.4. The van der Waals surface area contributed by atoms with Crippen LogP contribution in [0.4, 0.5) is 0 Å². The minimum absolute atomic E-state index is 0.0865. The van der Waals surface area contributed by atoms with Crippen molar-refractivity contribution in [2.24, 2.45) is 5.73 Å². The molecule has 1 saturated heterocycles. The number of piperazine rings is 1. The molecular formula is C8H15N3O2. The van der Waals surface area contributed by atoms with E-state index in [2.05, 4.69) is 10.6 Å². The Morgan fingerprint density at radius 3 is 2.85 bits per heavy atom. The Labute approximate surface area is 77.1 Å². The molecule has 13 heavy (non-hydrogen) atoms. The van der Waals surface area contributed by atoms with Gasteiger partial charge in [-0.15, -0.1) is 0 Å². The molecular weight excluding hydrogens is 170 g/mol. The molecule has 1 rings (SSSR count). The molecule has 1 fully saturated rings. The minimum Gasteiger partial charge on any atom is -0.345 e. The van der Waals surface area contributed by atoms with E-state index >= 15 is 0 Å². The Kier molecular flexibility index (Phi) is 3.70. The van der Waals surface area contributed by atoms with Crippen molar-refractivity contribution >= 4 is 11.8 Å². The van der Waals surface area contributed by atoms with Gasteiger partial charge in [-0.2, -0.15) is 0 Å². The Hall–Kier alpha value is -1.10. The van der Waals surface area contributed by atoms with Crippen LogP contribution in [0.5, 0.6) is 0 Å². The molecule has 0 aromatic rings. The highest BCUT2D eigenvalue weighted by molar-refractivity contribution is 5.94. The third-order valence-electron chi connectivity index (χ3n) is 2.02. The van der Waals surface area contributed by atoms with Crippen LogP contribution in [0.1, 0.15) is 19.3 Å². The summed E-state index contributed by atoms with van der Waals surface area (Å²) in [4.78, 5) is 22.1. The predicted octanol–water partition coefficient (Wildman–Crippen LogP) is -1.27. The summed E-state index contributed by atoms with van der Waals surface area (Å²) >= 11 is 0. The van der Waals surface area contributed by atoms with E-state index in [4.69, 9.17) is 5.73 Å². The van der Waals surface area contributed by atoms with Crippen molar-refractivity contribution in [1.82, 2.24) is 10.6 Å². The average Bonchev–Trinajstić information content (AvgIpc) is 2.11. The molecule has 1 aliphatic heterocycles. The molecule has 1 atom stereocenters.